The zero-order valence-electron chi connectivity index (χ0n) is 14.4. The molecule has 0 aromatic heterocycles. The molecule has 0 aliphatic rings. The quantitative estimate of drug-likeness (QED) is 0.806. The number of likely N-dealkylation sites (N-methyl/N-ethyl adjacent to an activating group) is 1. The maximum Gasteiger partial charge on any atom is 0.416 e. The summed E-state index contributed by atoms with van der Waals surface area (Å²) in [5, 5.41) is 0. The van der Waals surface area contributed by atoms with Crippen LogP contribution < -0.4 is 9.46 Å². The summed E-state index contributed by atoms with van der Waals surface area (Å²) in [5.74, 6) is 0.129. The van der Waals surface area contributed by atoms with Gasteiger partial charge < -0.3 is 9.64 Å². The Labute approximate surface area is 154 Å². The van der Waals surface area contributed by atoms with E-state index in [0.29, 0.717) is 17.9 Å². The lowest BCUT2D eigenvalue weighted by Gasteiger charge is -2.12. The fraction of sp³-hybridized carbons (Fsp3) is 0.235. The SMILES string of the molecule is CN(C)C(=O)COc1ccc(NS(=O)(=O)c2ccc(C(F)(F)F)cc2)cc1. The van der Waals surface area contributed by atoms with E-state index in [-0.39, 0.29) is 23.1 Å². The number of rotatable bonds is 6. The van der Waals surface area contributed by atoms with E-state index in [2.05, 4.69) is 4.72 Å². The number of nitrogens with zero attached hydrogens (tertiary/aromatic N) is 1. The third-order valence-corrected chi connectivity index (χ3v) is 4.86. The number of hydrogen-bond donors (Lipinski definition) is 1. The lowest BCUT2D eigenvalue weighted by Crippen LogP contribution is -2.27. The van der Waals surface area contributed by atoms with Crippen molar-refractivity contribution in [3.8, 4) is 5.75 Å². The lowest BCUT2D eigenvalue weighted by molar-refractivity contribution is -0.137. The smallest absolute Gasteiger partial charge is 0.416 e. The van der Waals surface area contributed by atoms with Crippen LogP contribution in [0.25, 0.3) is 0 Å². The fourth-order valence-electron chi connectivity index (χ4n) is 1.93. The van der Waals surface area contributed by atoms with Crippen LogP contribution in [0.2, 0.25) is 0 Å². The van der Waals surface area contributed by atoms with Crippen LogP contribution in [0.5, 0.6) is 5.75 Å². The number of benzene rings is 2. The van der Waals surface area contributed by atoms with E-state index in [9.17, 15) is 26.4 Å². The number of halogens is 3. The van der Waals surface area contributed by atoms with Gasteiger partial charge in [-0.1, -0.05) is 0 Å². The van der Waals surface area contributed by atoms with Crippen molar-refractivity contribution in [1.29, 1.82) is 0 Å². The minimum Gasteiger partial charge on any atom is -0.484 e. The van der Waals surface area contributed by atoms with Gasteiger partial charge in [-0.05, 0) is 48.5 Å². The number of ether oxygens (including phenoxy) is 1. The van der Waals surface area contributed by atoms with Gasteiger partial charge in [0.1, 0.15) is 5.75 Å². The van der Waals surface area contributed by atoms with Gasteiger partial charge in [0, 0.05) is 19.8 Å². The molecule has 1 amide bonds. The van der Waals surface area contributed by atoms with Gasteiger partial charge in [0.15, 0.2) is 6.61 Å². The monoisotopic (exact) mass is 402 g/mol. The van der Waals surface area contributed by atoms with Crippen LogP contribution in [0.1, 0.15) is 5.56 Å². The Morgan fingerprint density at radius 3 is 2.07 bits per heavy atom. The Morgan fingerprint density at radius 2 is 1.59 bits per heavy atom. The second-order valence-electron chi connectivity index (χ2n) is 5.73. The molecule has 0 aliphatic heterocycles. The van der Waals surface area contributed by atoms with Crippen LogP contribution >= 0.6 is 0 Å². The molecule has 2 aromatic rings. The average Bonchev–Trinajstić information content (AvgIpc) is 2.60. The van der Waals surface area contributed by atoms with Gasteiger partial charge in [-0.2, -0.15) is 13.2 Å². The van der Waals surface area contributed by atoms with Crippen molar-refractivity contribution in [2.75, 3.05) is 25.4 Å². The Balaban J connectivity index is 2.06. The molecule has 1 N–H and O–H groups in total. The van der Waals surface area contributed by atoms with Gasteiger partial charge in [0.05, 0.1) is 10.5 Å². The highest BCUT2D eigenvalue weighted by Gasteiger charge is 2.30. The van der Waals surface area contributed by atoms with Crippen molar-refractivity contribution in [3.63, 3.8) is 0 Å². The van der Waals surface area contributed by atoms with E-state index in [4.69, 9.17) is 4.74 Å². The van der Waals surface area contributed by atoms with Gasteiger partial charge in [0.2, 0.25) is 0 Å². The Hall–Kier alpha value is -2.75. The van der Waals surface area contributed by atoms with Crippen LogP contribution in [-0.2, 0) is 21.0 Å². The molecule has 0 saturated carbocycles. The maximum atomic E-state index is 12.6. The minimum atomic E-state index is -4.54. The average molecular weight is 402 g/mol. The number of amides is 1. The maximum absolute atomic E-state index is 12.6. The molecule has 0 bridgehead atoms. The summed E-state index contributed by atoms with van der Waals surface area (Å²) < 4.78 is 69.7. The van der Waals surface area contributed by atoms with Crippen molar-refractivity contribution in [2.24, 2.45) is 0 Å². The predicted molar refractivity (Wildman–Crippen MR) is 92.9 cm³/mol. The number of sulfonamides is 1. The zero-order valence-corrected chi connectivity index (χ0v) is 15.3. The van der Waals surface area contributed by atoms with Crippen LogP contribution in [0.3, 0.4) is 0 Å². The molecule has 0 radical (unpaired) electrons. The van der Waals surface area contributed by atoms with Crippen LogP contribution in [0, 0.1) is 0 Å². The Morgan fingerprint density at radius 1 is 1.04 bits per heavy atom. The van der Waals surface area contributed by atoms with Crippen molar-refractivity contribution in [2.45, 2.75) is 11.1 Å². The summed E-state index contributed by atoms with van der Waals surface area (Å²) in [7, 11) is -0.868. The van der Waals surface area contributed by atoms with Gasteiger partial charge in [-0.15, -0.1) is 0 Å². The molecule has 2 rings (SSSR count). The normalized spacial score (nSPS) is 11.7. The molecule has 10 heteroatoms. The highest BCUT2D eigenvalue weighted by molar-refractivity contribution is 7.92. The summed E-state index contributed by atoms with van der Waals surface area (Å²) in [5.41, 5.74) is -0.739. The molecule has 0 spiro atoms. The zero-order chi connectivity index (χ0) is 20.2. The van der Waals surface area contributed by atoms with Gasteiger partial charge in [0.25, 0.3) is 15.9 Å². The minimum absolute atomic E-state index is 0.163. The number of carbonyl (C=O) groups is 1. The molecule has 0 fully saturated rings. The molecule has 0 saturated heterocycles. The number of nitrogens with one attached hydrogen (secondary N) is 1. The first kappa shape index (κ1) is 20.6. The second kappa shape index (κ2) is 7.87. The Kier molecular flexibility index (Phi) is 5.99. The summed E-state index contributed by atoms with van der Waals surface area (Å²) in [6.07, 6.45) is -4.54. The van der Waals surface area contributed by atoms with Crippen molar-refractivity contribution in [3.05, 3.63) is 54.1 Å². The highest BCUT2D eigenvalue weighted by atomic mass is 32.2. The molecular weight excluding hydrogens is 385 g/mol. The molecule has 2 aromatic carbocycles. The largest absolute Gasteiger partial charge is 0.484 e. The lowest BCUT2D eigenvalue weighted by atomic mass is 10.2. The van der Waals surface area contributed by atoms with Crippen LogP contribution in [0.15, 0.2) is 53.4 Å². The standard InChI is InChI=1S/C17H17F3N2O4S/c1-22(2)16(23)11-26-14-7-5-13(6-8-14)21-27(24,25)15-9-3-12(4-10-15)17(18,19)20/h3-10,21H,11H2,1-2H3. The first-order valence-electron chi connectivity index (χ1n) is 7.62. The third-order valence-electron chi connectivity index (χ3n) is 3.46. The van der Waals surface area contributed by atoms with E-state index < -0.39 is 21.8 Å². The van der Waals surface area contributed by atoms with Crippen molar-refractivity contribution in [1.82, 2.24) is 4.90 Å². The van der Waals surface area contributed by atoms with E-state index >= 15 is 0 Å². The van der Waals surface area contributed by atoms with E-state index in [1.807, 2.05) is 0 Å². The molecular formula is C17H17F3N2O4S. The topological polar surface area (TPSA) is 75.7 Å². The molecule has 0 unspecified atom stereocenters. The number of hydrogen-bond acceptors (Lipinski definition) is 4. The molecule has 6 nitrogen and oxygen atoms in total. The third kappa shape index (κ3) is 5.61. The fourth-order valence-corrected chi connectivity index (χ4v) is 2.99. The molecule has 0 aliphatic carbocycles. The molecule has 0 heterocycles. The van der Waals surface area contributed by atoms with Crippen LogP contribution in [-0.4, -0.2) is 39.9 Å². The van der Waals surface area contributed by atoms with Crippen molar-refractivity contribution >= 4 is 21.6 Å². The summed E-state index contributed by atoms with van der Waals surface area (Å²) in [4.78, 5) is 12.5. The van der Waals surface area contributed by atoms with E-state index in [1.165, 1.54) is 29.2 Å². The van der Waals surface area contributed by atoms with Gasteiger partial charge in [-0.3, -0.25) is 9.52 Å². The number of carbonyl (C=O) groups excluding carboxylic acids is 1. The predicted octanol–water partition coefficient (Wildman–Crippen LogP) is 2.97. The first-order valence-corrected chi connectivity index (χ1v) is 9.10. The first-order chi connectivity index (χ1) is 12.5. The molecule has 0 atom stereocenters. The Bertz CT molecular complexity index is 893. The summed E-state index contributed by atoms with van der Waals surface area (Å²) in [6, 6.07) is 8.93. The van der Waals surface area contributed by atoms with Crippen LogP contribution in [0.4, 0.5) is 18.9 Å². The van der Waals surface area contributed by atoms with Gasteiger partial charge >= 0.3 is 6.18 Å². The van der Waals surface area contributed by atoms with Crippen molar-refractivity contribution < 1.29 is 31.1 Å². The highest BCUT2D eigenvalue weighted by Crippen LogP contribution is 2.30. The number of anilines is 1. The summed E-state index contributed by atoms with van der Waals surface area (Å²) in [6.45, 7) is -0.163. The number of alkyl halides is 3. The van der Waals surface area contributed by atoms with E-state index in [0.717, 1.165) is 12.1 Å². The van der Waals surface area contributed by atoms with E-state index in [1.54, 1.807) is 14.1 Å². The van der Waals surface area contributed by atoms with Gasteiger partial charge in [-0.25, -0.2) is 8.42 Å². The molecule has 27 heavy (non-hydrogen) atoms. The molecule has 146 valence electrons. The second-order valence-corrected chi connectivity index (χ2v) is 7.41. The summed E-state index contributed by atoms with van der Waals surface area (Å²) >= 11 is 0.